The number of aliphatic hydroxyl groups excluding tert-OH is 1. The lowest BCUT2D eigenvalue weighted by Gasteiger charge is -2.08. The topological polar surface area (TPSA) is 75.4 Å². The molecular weight excluding hydrogens is 232 g/mol. The Kier molecular flexibility index (Phi) is 5.85. The van der Waals surface area contributed by atoms with E-state index in [-0.39, 0.29) is 12.5 Å². The number of hydrogen-bond acceptors (Lipinski definition) is 4. The smallest absolute Gasteiger partial charge is 0.224 e. The molecule has 1 rings (SSSR count). The number of carbonyl (C=O) groups is 1. The van der Waals surface area contributed by atoms with E-state index >= 15 is 0 Å². The maximum absolute atomic E-state index is 11.7. The van der Waals surface area contributed by atoms with Crippen LogP contribution < -0.4 is 5.32 Å². The molecule has 1 atom stereocenters. The summed E-state index contributed by atoms with van der Waals surface area (Å²) in [7, 11) is 0. The van der Waals surface area contributed by atoms with Crippen LogP contribution in [0.4, 0.5) is 0 Å². The summed E-state index contributed by atoms with van der Waals surface area (Å²) in [5, 5.41) is 15.6. The van der Waals surface area contributed by atoms with Crippen molar-refractivity contribution >= 4 is 5.91 Å². The molecule has 0 aliphatic rings. The second-order valence-electron chi connectivity index (χ2n) is 4.76. The summed E-state index contributed by atoms with van der Waals surface area (Å²) in [6.45, 7) is 6.48. The van der Waals surface area contributed by atoms with E-state index in [1.54, 1.807) is 0 Å². The molecule has 2 N–H and O–H groups in total. The van der Waals surface area contributed by atoms with Gasteiger partial charge in [0.1, 0.15) is 5.76 Å². The van der Waals surface area contributed by atoms with Crippen molar-refractivity contribution in [3.05, 3.63) is 17.0 Å². The second-order valence-corrected chi connectivity index (χ2v) is 4.76. The summed E-state index contributed by atoms with van der Waals surface area (Å²) < 4.78 is 5.01. The summed E-state index contributed by atoms with van der Waals surface area (Å²) >= 11 is 0. The normalized spacial score (nSPS) is 12.4. The SMILES string of the molecule is Cc1noc(C)c1CC(=O)NCCCC(C)CO. The second kappa shape index (κ2) is 7.16. The fraction of sp³-hybridized carbons (Fsp3) is 0.692. The Labute approximate surface area is 108 Å². The van der Waals surface area contributed by atoms with E-state index in [4.69, 9.17) is 9.63 Å². The van der Waals surface area contributed by atoms with Crippen LogP contribution in [0.25, 0.3) is 0 Å². The lowest BCUT2D eigenvalue weighted by molar-refractivity contribution is -0.120. The molecule has 5 heteroatoms. The number of aliphatic hydroxyl groups is 1. The molecule has 0 aliphatic heterocycles. The summed E-state index contributed by atoms with van der Waals surface area (Å²) in [4.78, 5) is 11.7. The van der Waals surface area contributed by atoms with Crippen molar-refractivity contribution in [3.63, 3.8) is 0 Å². The van der Waals surface area contributed by atoms with Crippen LogP contribution in [0, 0.1) is 19.8 Å². The van der Waals surface area contributed by atoms with Gasteiger partial charge in [-0.25, -0.2) is 0 Å². The average Bonchev–Trinajstić information content (AvgIpc) is 2.66. The Balaban J connectivity index is 2.26. The lowest BCUT2D eigenvalue weighted by Crippen LogP contribution is -2.26. The standard InChI is InChI=1S/C13H22N2O3/c1-9(8-16)5-4-6-14-13(17)7-12-10(2)15-18-11(12)3/h9,16H,4-8H2,1-3H3,(H,14,17). The molecule has 102 valence electrons. The molecule has 0 aliphatic carbocycles. The summed E-state index contributed by atoms with van der Waals surface area (Å²) in [6, 6.07) is 0. The summed E-state index contributed by atoms with van der Waals surface area (Å²) in [5.41, 5.74) is 1.65. The Morgan fingerprint density at radius 2 is 2.22 bits per heavy atom. The van der Waals surface area contributed by atoms with Gasteiger partial charge in [0.05, 0.1) is 12.1 Å². The van der Waals surface area contributed by atoms with Crippen molar-refractivity contribution in [2.24, 2.45) is 5.92 Å². The number of nitrogens with one attached hydrogen (secondary N) is 1. The van der Waals surface area contributed by atoms with Crippen molar-refractivity contribution in [1.29, 1.82) is 0 Å². The van der Waals surface area contributed by atoms with Gasteiger partial charge in [0.2, 0.25) is 5.91 Å². The van der Waals surface area contributed by atoms with Crippen LogP contribution in [0.1, 0.15) is 36.8 Å². The molecule has 0 spiro atoms. The van der Waals surface area contributed by atoms with E-state index in [9.17, 15) is 4.79 Å². The van der Waals surface area contributed by atoms with Gasteiger partial charge in [0.25, 0.3) is 0 Å². The number of amides is 1. The van der Waals surface area contributed by atoms with Crippen LogP contribution in [0.2, 0.25) is 0 Å². The zero-order valence-corrected chi connectivity index (χ0v) is 11.3. The van der Waals surface area contributed by atoms with Gasteiger partial charge in [0.15, 0.2) is 0 Å². The predicted molar refractivity (Wildman–Crippen MR) is 68.2 cm³/mol. The first-order chi connectivity index (χ1) is 8.54. The first kappa shape index (κ1) is 14.7. The van der Waals surface area contributed by atoms with Gasteiger partial charge in [-0.15, -0.1) is 0 Å². The number of aryl methyl sites for hydroxylation is 2. The maximum atomic E-state index is 11.7. The third-order valence-corrected chi connectivity index (χ3v) is 3.03. The zero-order chi connectivity index (χ0) is 13.5. The fourth-order valence-electron chi connectivity index (χ4n) is 1.75. The van der Waals surface area contributed by atoms with Crippen LogP contribution in [0.5, 0.6) is 0 Å². The van der Waals surface area contributed by atoms with Crippen LogP contribution in [-0.2, 0) is 11.2 Å². The number of hydrogen-bond donors (Lipinski definition) is 2. The van der Waals surface area contributed by atoms with E-state index in [1.807, 2.05) is 20.8 Å². The van der Waals surface area contributed by atoms with Gasteiger partial charge in [-0.3, -0.25) is 4.79 Å². The third kappa shape index (κ3) is 4.49. The van der Waals surface area contributed by atoms with E-state index < -0.39 is 0 Å². The molecule has 18 heavy (non-hydrogen) atoms. The van der Waals surface area contributed by atoms with Crippen molar-refractivity contribution in [2.45, 2.75) is 40.0 Å². The summed E-state index contributed by atoms with van der Waals surface area (Å²) in [6.07, 6.45) is 2.12. The van der Waals surface area contributed by atoms with E-state index in [1.165, 1.54) is 0 Å². The lowest BCUT2D eigenvalue weighted by atomic mass is 10.1. The number of carbonyl (C=O) groups excluding carboxylic acids is 1. The molecule has 0 radical (unpaired) electrons. The highest BCUT2D eigenvalue weighted by Gasteiger charge is 2.12. The minimum atomic E-state index is -0.0129. The van der Waals surface area contributed by atoms with Crippen molar-refractivity contribution in [3.8, 4) is 0 Å². The maximum Gasteiger partial charge on any atom is 0.224 e. The van der Waals surface area contributed by atoms with E-state index in [0.29, 0.717) is 24.6 Å². The molecule has 0 fully saturated rings. The molecule has 1 amide bonds. The highest BCUT2D eigenvalue weighted by molar-refractivity contribution is 5.78. The Morgan fingerprint density at radius 3 is 2.78 bits per heavy atom. The minimum absolute atomic E-state index is 0.0129. The Hall–Kier alpha value is -1.36. The van der Waals surface area contributed by atoms with Crippen molar-refractivity contribution in [1.82, 2.24) is 10.5 Å². The first-order valence-corrected chi connectivity index (χ1v) is 6.34. The van der Waals surface area contributed by atoms with Crippen LogP contribution in [0.3, 0.4) is 0 Å². The molecule has 0 saturated heterocycles. The largest absolute Gasteiger partial charge is 0.396 e. The first-order valence-electron chi connectivity index (χ1n) is 6.34. The van der Waals surface area contributed by atoms with Crippen LogP contribution in [-0.4, -0.2) is 29.3 Å². The molecule has 1 unspecified atom stereocenters. The number of aromatic nitrogens is 1. The van der Waals surface area contributed by atoms with Gasteiger partial charge in [0, 0.05) is 18.7 Å². The molecule has 0 saturated carbocycles. The van der Waals surface area contributed by atoms with Gasteiger partial charge in [-0.2, -0.15) is 0 Å². The fourth-order valence-corrected chi connectivity index (χ4v) is 1.75. The molecule has 5 nitrogen and oxygen atoms in total. The molecule has 1 aromatic heterocycles. The van der Waals surface area contributed by atoms with E-state index in [2.05, 4.69) is 10.5 Å². The Bertz CT molecular complexity index is 368. The Morgan fingerprint density at radius 1 is 1.50 bits per heavy atom. The third-order valence-electron chi connectivity index (χ3n) is 3.03. The molecular formula is C13H22N2O3. The quantitative estimate of drug-likeness (QED) is 0.720. The monoisotopic (exact) mass is 254 g/mol. The zero-order valence-electron chi connectivity index (χ0n) is 11.3. The minimum Gasteiger partial charge on any atom is -0.396 e. The van der Waals surface area contributed by atoms with Gasteiger partial charge >= 0.3 is 0 Å². The van der Waals surface area contributed by atoms with Crippen LogP contribution in [0.15, 0.2) is 4.52 Å². The van der Waals surface area contributed by atoms with Crippen molar-refractivity contribution < 1.29 is 14.4 Å². The highest BCUT2D eigenvalue weighted by Crippen LogP contribution is 2.12. The van der Waals surface area contributed by atoms with Gasteiger partial charge in [-0.05, 0) is 32.6 Å². The molecule has 0 bridgehead atoms. The summed E-state index contributed by atoms with van der Waals surface area (Å²) in [5.74, 6) is 0.988. The van der Waals surface area contributed by atoms with Crippen molar-refractivity contribution in [2.75, 3.05) is 13.2 Å². The molecule has 1 heterocycles. The van der Waals surface area contributed by atoms with Gasteiger partial charge < -0.3 is 14.9 Å². The van der Waals surface area contributed by atoms with E-state index in [0.717, 1.165) is 24.1 Å². The molecule has 0 aromatic carbocycles. The molecule has 1 aromatic rings. The predicted octanol–water partition coefficient (Wildman–Crippen LogP) is 1.36. The number of nitrogens with zero attached hydrogens (tertiary/aromatic N) is 1. The number of rotatable bonds is 7. The highest BCUT2D eigenvalue weighted by atomic mass is 16.5. The van der Waals surface area contributed by atoms with Crippen LogP contribution >= 0.6 is 0 Å². The van der Waals surface area contributed by atoms with Gasteiger partial charge in [-0.1, -0.05) is 12.1 Å². The average molecular weight is 254 g/mol.